The normalized spacial score (nSPS) is 11.5. The van der Waals surface area contributed by atoms with Crippen LogP contribution in [0.25, 0.3) is 10.4 Å². The Morgan fingerprint density at radius 3 is 2.35 bits per heavy atom. The number of hydrogen-bond acceptors (Lipinski definition) is 7. The van der Waals surface area contributed by atoms with Crippen LogP contribution in [0.15, 0.2) is 77.2 Å². The number of azide groups is 1. The van der Waals surface area contributed by atoms with E-state index in [1.165, 1.54) is 11.3 Å². The van der Waals surface area contributed by atoms with Crippen molar-refractivity contribution >= 4 is 35.1 Å². The summed E-state index contributed by atoms with van der Waals surface area (Å²) in [6.07, 6.45) is 0.278. The smallest absolute Gasteiger partial charge is 0.408 e. The van der Waals surface area contributed by atoms with Crippen LogP contribution in [-0.2, 0) is 34.0 Å². The number of hydrogen-bond donors (Lipinski definition) is 2. The second-order valence-corrected chi connectivity index (χ2v) is 11.8. The van der Waals surface area contributed by atoms with Gasteiger partial charge in [-0.1, -0.05) is 65.8 Å². The molecule has 1 aromatic heterocycles. The maximum atomic E-state index is 13.9. The zero-order valence-corrected chi connectivity index (χ0v) is 25.5. The van der Waals surface area contributed by atoms with Gasteiger partial charge in [-0.15, -0.1) is 11.3 Å². The molecule has 43 heavy (non-hydrogen) atoms. The minimum atomic E-state index is -0.845. The lowest BCUT2D eigenvalue weighted by Gasteiger charge is -2.29. The van der Waals surface area contributed by atoms with Crippen LogP contribution in [0.3, 0.4) is 0 Å². The van der Waals surface area contributed by atoms with Crippen molar-refractivity contribution in [3.8, 4) is 0 Å². The van der Waals surface area contributed by atoms with Gasteiger partial charge in [0.15, 0.2) is 0 Å². The minimum absolute atomic E-state index is 0.178. The maximum absolute atomic E-state index is 13.9. The predicted molar refractivity (Wildman–Crippen MR) is 165 cm³/mol. The fraction of sp³-hybridized carbons (Fsp3) is 0.387. The number of rotatable bonds is 14. The van der Waals surface area contributed by atoms with Gasteiger partial charge < -0.3 is 25.0 Å². The Hall–Kier alpha value is -4.54. The highest BCUT2D eigenvalue weighted by molar-refractivity contribution is 7.09. The number of unbranched alkanes of at least 4 members (excludes halogenated alkanes) is 1. The van der Waals surface area contributed by atoms with Crippen LogP contribution in [0.5, 0.6) is 0 Å². The number of carbonyl (C=O) groups excluding carboxylic acids is 3. The molecule has 0 radical (unpaired) electrons. The molecule has 2 N–H and O–H groups in total. The summed E-state index contributed by atoms with van der Waals surface area (Å²) >= 11 is 1.54. The van der Waals surface area contributed by atoms with Gasteiger partial charge in [-0.3, -0.25) is 4.79 Å². The second-order valence-electron chi connectivity index (χ2n) is 10.8. The number of nitrogens with one attached hydrogen (secondary N) is 2. The molecule has 0 fully saturated rings. The first-order valence-corrected chi connectivity index (χ1v) is 14.9. The predicted octanol–water partition coefficient (Wildman–Crippen LogP) is 7.21. The third kappa shape index (κ3) is 12.5. The summed E-state index contributed by atoms with van der Waals surface area (Å²) in [6.45, 7) is 6.46. The summed E-state index contributed by atoms with van der Waals surface area (Å²) in [4.78, 5) is 44.2. The monoisotopic (exact) mass is 606 g/mol. The fourth-order valence-corrected chi connectivity index (χ4v) is 4.83. The highest BCUT2D eigenvalue weighted by Crippen LogP contribution is 2.20. The molecule has 0 unspecified atom stereocenters. The van der Waals surface area contributed by atoms with Crippen LogP contribution in [0, 0.1) is 0 Å². The van der Waals surface area contributed by atoms with Crippen molar-refractivity contribution in [2.24, 2.45) is 5.11 Å². The largest absolute Gasteiger partial charge is 0.445 e. The van der Waals surface area contributed by atoms with Gasteiger partial charge in [-0.2, -0.15) is 0 Å². The molecule has 0 bridgehead atoms. The molecule has 2 aromatic carbocycles. The van der Waals surface area contributed by atoms with Crippen molar-refractivity contribution in [1.82, 2.24) is 15.5 Å². The van der Waals surface area contributed by atoms with E-state index in [1.54, 1.807) is 49.9 Å². The van der Waals surface area contributed by atoms with Crippen molar-refractivity contribution in [2.45, 2.75) is 71.4 Å². The van der Waals surface area contributed by atoms with E-state index >= 15 is 0 Å². The summed E-state index contributed by atoms with van der Waals surface area (Å²) in [5, 5.41) is 11.0. The van der Waals surface area contributed by atoms with Crippen molar-refractivity contribution in [3.05, 3.63) is 98.6 Å². The Balaban J connectivity index is 1.64. The van der Waals surface area contributed by atoms with Crippen LogP contribution >= 0.6 is 11.3 Å². The first-order chi connectivity index (χ1) is 20.6. The molecular formula is C31H38N6O5S. The van der Waals surface area contributed by atoms with Crippen molar-refractivity contribution < 1.29 is 23.9 Å². The van der Waals surface area contributed by atoms with E-state index in [9.17, 15) is 14.4 Å². The molecule has 3 amide bonds. The Labute approximate surface area is 255 Å². The van der Waals surface area contributed by atoms with Crippen LogP contribution < -0.4 is 10.6 Å². The molecule has 1 heterocycles. The molecule has 0 spiro atoms. The maximum Gasteiger partial charge on any atom is 0.408 e. The summed E-state index contributed by atoms with van der Waals surface area (Å²) in [6, 6.07) is 19.4. The van der Waals surface area contributed by atoms with Gasteiger partial charge in [-0.05, 0) is 68.1 Å². The molecule has 0 saturated heterocycles. The average molecular weight is 607 g/mol. The molecule has 3 aromatic rings. The van der Waals surface area contributed by atoms with Gasteiger partial charge in [0.05, 0.1) is 6.54 Å². The summed E-state index contributed by atoms with van der Waals surface area (Å²) in [5.41, 5.74) is 10.2. The van der Waals surface area contributed by atoms with Crippen LogP contribution in [0.2, 0.25) is 0 Å². The van der Waals surface area contributed by atoms with Crippen LogP contribution in [0.1, 0.15) is 56.0 Å². The van der Waals surface area contributed by atoms with Gasteiger partial charge in [-0.25, -0.2) is 9.59 Å². The number of carbonyl (C=O) groups is 3. The van der Waals surface area contributed by atoms with E-state index in [0.717, 1.165) is 16.0 Å². The molecule has 228 valence electrons. The molecule has 0 aliphatic rings. The lowest BCUT2D eigenvalue weighted by atomic mass is 10.1. The standard InChI is InChI=1S/C31H38N6O5S/c1-31(2,3)42-30(40)34-27(13-7-8-18-33-29(39)41-22-24-10-5-4-6-11-24)28(38)37(21-26-12-9-19-43-26)20-23-14-16-25(17-15-23)35-36-32/h4-6,9-12,14-17,19,27H,7-8,13,18,20-22H2,1-3H3,(H,33,39)(H,34,40)/t27-/m0/s1. The molecule has 0 aliphatic heterocycles. The summed E-state index contributed by atoms with van der Waals surface area (Å²) in [7, 11) is 0. The van der Waals surface area contributed by atoms with E-state index in [2.05, 4.69) is 20.7 Å². The highest BCUT2D eigenvalue weighted by atomic mass is 32.1. The average Bonchev–Trinajstić information content (AvgIpc) is 3.48. The molecule has 12 heteroatoms. The zero-order chi connectivity index (χ0) is 31.1. The van der Waals surface area contributed by atoms with Gasteiger partial charge in [0.2, 0.25) is 5.91 Å². The van der Waals surface area contributed by atoms with Gasteiger partial charge >= 0.3 is 12.2 Å². The summed E-state index contributed by atoms with van der Waals surface area (Å²) in [5.74, 6) is -0.256. The molecule has 3 rings (SSSR count). The molecule has 1 atom stereocenters. The number of amides is 3. The first kappa shape index (κ1) is 33.0. The number of nitrogens with zero attached hydrogens (tertiary/aromatic N) is 4. The molecule has 0 saturated carbocycles. The van der Waals surface area contributed by atoms with Gasteiger partial charge in [0, 0.05) is 28.6 Å². The lowest BCUT2D eigenvalue weighted by molar-refractivity contribution is -0.135. The van der Waals surface area contributed by atoms with Crippen LogP contribution in [-0.4, -0.2) is 41.2 Å². The number of alkyl carbamates (subject to hydrolysis) is 2. The van der Waals surface area contributed by atoms with E-state index in [-0.39, 0.29) is 19.1 Å². The van der Waals surface area contributed by atoms with Crippen molar-refractivity contribution in [3.63, 3.8) is 0 Å². The Bertz CT molecular complexity index is 1350. The molecular weight excluding hydrogens is 568 g/mol. The fourth-order valence-electron chi connectivity index (χ4n) is 4.11. The molecule has 11 nitrogen and oxygen atoms in total. The van der Waals surface area contributed by atoms with E-state index in [0.29, 0.717) is 38.0 Å². The Kier molecular flexibility index (Phi) is 12.9. The van der Waals surface area contributed by atoms with E-state index < -0.39 is 23.8 Å². The van der Waals surface area contributed by atoms with Crippen molar-refractivity contribution in [2.75, 3.05) is 6.54 Å². The second kappa shape index (κ2) is 16.8. The minimum Gasteiger partial charge on any atom is -0.445 e. The zero-order valence-electron chi connectivity index (χ0n) is 24.7. The van der Waals surface area contributed by atoms with E-state index in [1.807, 2.05) is 47.8 Å². The van der Waals surface area contributed by atoms with Gasteiger partial charge in [0.25, 0.3) is 0 Å². The lowest BCUT2D eigenvalue weighted by Crippen LogP contribution is -2.49. The molecule has 0 aliphatic carbocycles. The number of thiophene rings is 1. The quantitative estimate of drug-likeness (QED) is 0.0862. The third-order valence-corrected chi connectivity index (χ3v) is 6.96. The highest BCUT2D eigenvalue weighted by Gasteiger charge is 2.28. The first-order valence-electron chi connectivity index (χ1n) is 14.0. The SMILES string of the molecule is CC(C)(C)OC(=O)N[C@@H](CCCCNC(=O)OCc1ccccc1)C(=O)N(Cc1ccc(N=[N+]=[N-])cc1)Cc1cccs1. The summed E-state index contributed by atoms with van der Waals surface area (Å²) < 4.78 is 10.7. The number of benzene rings is 2. The van der Waals surface area contributed by atoms with Crippen LogP contribution in [0.4, 0.5) is 15.3 Å². The third-order valence-electron chi connectivity index (χ3n) is 6.10. The van der Waals surface area contributed by atoms with Crippen molar-refractivity contribution in [1.29, 1.82) is 0 Å². The van der Waals surface area contributed by atoms with E-state index in [4.69, 9.17) is 15.0 Å². The number of ether oxygens (including phenoxy) is 2. The topological polar surface area (TPSA) is 146 Å². The Morgan fingerprint density at radius 1 is 0.953 bits per heavy atom. The van der Waals surface area contributed by atoms with Gasteiger partial charge in [0.1, 0.15) is 18.2 Å². The Morgan fingerprint density at radius 2 is 1.70 bits per heavy atom.